The van der Waals surface area contributed by atoms with Gasteiger partial charge in [-0.1, -0.05) is 61.7 Å². The molecule has 1 aliphatic carbocycles. The van der Waals surface area contributed by atoms with E-state index in [1.54, 1.807) is 0 Å². The minimum atomic E-state index is -1.58. The molecule has 10 heteroatoms. The van der Waals surface area contributed by atoms with Gasteiger partial charge in [-0.15, -0.1) is 0 Å². The molecule has 9 nitrogen and oxygen atoms in total. The highest BCUT2D eigenvalue weighted by atomic mass is 32.2. The van der Waals surface area contributed by atoms with Crippen LogP contribution in [0.1, 0.15) is 74.3 Å². The van der Waals surface area contributed by atoms with Crippen molar-refractivity contribution in [3.05, 3.63) is 64.9 Å². The van der Waals surface area contributed by atoms with Gasteiger partial charge in [-0.25, -0.2) is 0 Å². The third kappa shape index (κ3) is 6.11. The fourth-order valence-electron chi connectivity index (χ4n) is 6.03. The quantitative estimate of drug-likeness (QED) is 0.243. The summed E-state index contributed by atoms with van der Waals surface area (Å²) in [6, 6.07) is 13.9. The van der Waals surface area contributed by atoms with Gasteiger partial charge in [-0.3, -0.25) is 14.7 Å². The SMILES string of the molecule is CCCCC1=NC2(CCCC2)C(=O)N1Cc1ccc(-c2ccccc2[S+]([O-])Nc2noc(C)c2C)c(COC2COC2)c1. The number of carbonyl (C=O) groups is 1. The Morgan fingerprint density at radius 1 is 1.14 bits per heavy atom. The Morgan fingerprint density at radius 2 is 1.93 bits per heavy atom. The molecular weight excluding hydrogens is 564 g/mol. The van der Waals surface area contributed by atoms with Gasteiger partial charge in [-0.05, 0) is 61.9 Å². The van der Waals surface area contributed by atoms with Gasteiger partial charge < -0.3 is 18.5 Å². The molecule has 0 radical (unpaired) electrons. The number of benzene rings is 2. The lowest BCUT2D eigenvalue weighted by Gasteiger charge is -2.27. The van der Waals surface area contributed by atoms with Crippen LogP contribution < -0.4 is 4.72 Å². The molecule has 3 heterocycles. The second-order valence-electron chi connectivity index (χ2n) is 11.8. The number of aliphatic imine (C=N–C) groups is 1. The fraction of sp³-hybridized carbons (Fsp3) is 0.485. The Bertz CT molecular complexity index is 1490. The Balaban J connectivity index is 1.30. The van der Waals surface area contributed by atoms with E-state index in [0.717, 1.165) is 78.6 Å². The number of rotatable bonds is 12. The number of hydrogen-bond acceptors (Lipinski definition) is 8. The summed E-state index contributed by atoms with van der Waals surface area (Å²) in [7, 11) is 0. The number of unbranched alkanes of at least 4 members (excludes halogenated alkanes) is 1. The summed E-state index contributed by atoms with van der Waals surface area (Å²) in [5, 5.41) is 4.03. The summed E-state index contributed by atoms with van der Waals surface area (Å²) < 4.78 is 33.4. The number of carbonyl (C=O) groups excluding carboxylic acids is 1. The first-order valence-corrected chi connectivity index (χ1v) is 16.5. The minimum Gasteiger partial charge on any atom is -0.588 e. The van der Waals surface area contributed by atoms with Crippen LogP contribution in [0.15, 0.2) is 56.9 Å². The third-order valence-corrected chi connectivity index (χ3v) is 9.93. The first-order chi connectivity index (χ1) is 20.9. The molecule has 1 unspecified atom stereocenters. The summed E-state index contributed by atoms with van der Waals surface area (Å²) in [5.74, 6) is 2.22. The smallest absolute Gasteiger partial charge is 0.256 e. The molecule has 2 aromatic carbocycles. The van der Waals surface area contributed by atoms with Crippen LogP contribution in [0.5, 0.6) is 0 Å². The normalized spacial score (nSPS) is 18.7. The summed E-state index contributed by atoms with van der Waals surface area (Å²) in [4.78, 5) is 21.4. The van der Waals surface area contributed by atoms with Crippen molar-refractivity contribution >= 4 is 28.9 Å². The van der Waals surface area contributed by atoms with Crippen LogP contribution in [-0.2, 0) is 38.8 Å². The van der Waals surface area contributed by atoms with Crippen LogP contribution in [0.3, 0.4) is 0 Å². The minimum absolute atomic E-state index is 0.0519. The lowest BCUT2D eigenvalue weighted by atomic mass is 9.96. The molecule has 3 aromatic rings. The van der Waals surface area contributed by atoms with Crippen molar-refractivity contribution in [1.82, 2.24) is 10.1 Å². The number of ether oxygens (including phenoxy) is 2. The maximum Gasteiger partial charge on any atom is 0.256 e. The van der Waals surface area contributed by atoms with Gasteiger partial charge >= 0.3 is 0 Å². The average Bonchev–Trinajstić information content (AvgIpc) is 3.66. The molecule has 1 amide bonds. The van der Waals surface area contributed by atoms with Crippen LogP contribution in [0, 0.1) is 13.8 Å². The van der Waals surface area contributed by atoms with Crippen molar-refractivity contribution in [2.24, 2.45) is 4.99 Å². The van der Waals surface area contributed by atoms with Crippen molar-refractivity contribution < 1.29 is 23.3 Å². The number of nitrogens with zero attached hydrogens (tertiary/aromatic N) is 3. The highest BCUT2D eigenvalue weighted by molar-refractivity contribution is 7.92. The molecule has 228 valence electrons. The van der Waals surface area contributed by atoms with E-state index in [1.807, 2.05) is 43.0 Å². The van der Waals surface area contributed by atoms with E-state index in [2.05, 4.69) is 35.0 Å². The maximum absolute atomic E-state index is 13.8. The number of nitrogens with one attached hydrogen (secondary N) is 1. The largest absolute Gasteiger partial charge is 0.588 e. The van der Waals surface area contributed by atoms with Gasteiger partial charge in [-0.2, -0.15) is 4.72 Å². The molecule has 1 saturated heterocycles. The van der Waals surface area contributed by atoms with Crippen LogP contribution in [0.4, 0.5) is 5.82 Å². The van der Waals surface area contributed by atoms with Gasteiger partial charge in [0.25, 0.3) is 5.91 Å². The number of hydrogen-bond donors (Lipinski definition) is 1. The second kappa shape index (κ2) is 12.8. The average molecular weight is 605 g/mol. The zero-order chi connectivity index (χ0) is 30.0. The number of amides is 1. The van der Waals surface area contributed by atoms with Gasteiger partial charge in [0.05, 0.1) is 26.4 Å². The predicted octanol–water partition coefficient (Wildman–Crippen LogP) is 6.25. The molecule has 1 N–H and O–H groups in total. The Morgan fingerprint density at radius 3 is 2.63 bits per heavy atom. The Kier molecular flexibility index (Phi) is 8.90. The van der Waals surface area contributed by atoms with Crippen LogP contribution in [-0.4, -0.2) is 51.2 Å². The molecule has 3 aliphatic rings. The highest BCUT2D eigenvalue weighted by Crippen LogP contribution is 2.40. The number of aromatic nitrogens is 1. The van der Waals surface area contributed by atoms with Crippen molar-refractivity contribution in [2.75, 3.05) is 17.9 Å². The predicted molar refractivity (Wildman–Crippen MR) is 166 cm³/mol. The summed E-state index contributed by atoms with van der Waals surface area (Å²) >= 11 is -1.58. The zero-order valence-electron chi connectivity index (χ0n) is 25.2. The van der Waals surface area contributed by atoms with Crippen molar-refractivity contribution in [1.29, 1.82) is 0 Å². The zero-order valence-corrected chi connectivity index (χ0v) is 26.0. The van der Waals surface area contributed by atoms with E-state index in [0.29, 0.717) is 42.8 Å². The summed E-state index contributed by atoms with van der Waals surface area (Å²) in [6.45, 7) is 7.89. The molecule has 2 fully saturated rings. The van der Waals surface area contributed by atoms with Crippen LogP contribution in [0.25, 0.3) is 11.1 Å². The van der Waals surface area contributed by atoms with E-state index in [4.69, 9.17) is 19.0 Å². The number of anilines is 1. The lowest BCUT2D eigenvalue weighted by molar-refractivity contribution is -0.135. The summed E-state index contributed by atoms with van der Waals surface area (Å²) in [5.41, 5.74) is 4.03. The number of amidine groups is 1. The third-order valence-electron chi connectivity index (χ3n) is 8.80. The van der Waals surface area contributed by atoms with Crippen molar-refractivity contribution in [3.8, 4) is 11.1 Å². The Labute approximate surface area is 256 Å². The first kappa shape index (κ1) is 29.9. The maximum atomic E-state index is 13.8. The second-order valence-corrected chi connectivity index (χ2v) is 13.0. The first-order valence-electron chi connectivity index (χ1n) is 15.3. The molecule has 2 aliphatic heterocycles. The monoisotopic (exact) mass is 604 g/mol. The number of aryl methyl sites for hydroxylation is 1. The molecule has 1 atom stereocenters. The lowest BCUT2D eigenvalue weighted by Crippen LogP contribution is -2.40. The van der Waals surface area contributed by atoms with Crippen LogP contribution >= 0.6 is 0 Å². The molecule has 1 spiro atoms. The van der Waals surface area contributed by atoms with E-state index >= 15 is 0 Å². The summed E-state index contributed by atoms with van der Waals surface area (Å²) in [6.07, 6.45) is 6.72. The molecular formula is C33H40N4O5S. The standard InChI is InChI=1S/C33H40N4O5S/c1-4-5-12-30-34-33(15-8-9-16-33)32(38)37(30)18-24-13-14-27(25(17-24)19-41-26-20-40-21-26)28-10-6-7-11-29(28)43(39)36-31-22(2)23(3)42-35-31/h6-7,10-11,13-14,17,26H,4-5,8-9,12,15-16,18-21H2,1-3H3,(H,35,36). The fourth-order valence-corrected chi connectivity index (χ4v) is 7.09. The Hall–Kier alpha value is -3.18. The van der Waals surface area contributed by atoms with Crippen molar-refractivity contribution in [2.45, 2.75) is 95.4 Å². The van der Waals surface area contributed by atoms with Gasteiger partial charge in [0.1, 0.15) is 34.6 Å². The molecule has 0 bridgehead atoms. The van der Waals surface area contributed by atoms with Crippen LogP contribution in [0.2, 0.25) is 0 Å². The van der Waals surface area contributed by atoms with E-state index in [-0.39, 0.29) is 12.0 Å². The van der Waals surface area contributed by atoms with Gasteiger partial charge in [0.15, 0.2) is 4.90 Å². The van der Waals surface area contributed by atoms with Crippen molar-refractivity contribution in [3.63, 3.8) is 0 Å². The molecule has 1 saturated carbocycles. The molecule has 1 aromatic heterocycles. The molecule has 6 rings (SSSR count). The van der Waals surface area contributed by atoms with Gasteiger partial charge in [0.2, 0.25) is 5.82 Å². The van der Waals surface area contributed by atoms with Gasteiger partial charge in [0, 0.05) is 17.5 Å². The molecule has 43 heavy (non-hydrogen) atoms. The topological polar surface area (TPSA) is 112 Å². The van der Waals surface area contributed by atoms with E-state index < -0.39 is 16.9 Å². The van der Waals surface area contributed by atoms with E-state index in [1.165, 1.54) is 0 Å². The van der Waals surface area contributed by atoms with E-state index in [9.17, 15) is 9.35 Å². The highest BCUT2D eigenvalue weighted by Gasteiger charge is 2.49.